The van der Waals surface area contributed by atoms with Crippen LogP contribution in [-0.4, -0.2) is 70.6 Å². The fraction of sp³-hybridized carbons (Fsp3) is 0.526. The predicted octanol–water partition coefficient (Wildman–Crippen LogP) is 5.15. The highest BCUT2D eigenvalue weighted by Crippen LogP contribution is 2.38. The van der Waals surface area contributed by atoms with E-state index in [1.807, 2.05) is 11.8 Å². The summed E-state index contributed by atoms with van der Waals surface area (Å²) in [6.45, 7) is 0. The van der Waals surface area contributed by atoms with Gasteiger partial charge in [0.2, 0.25) is 0 Å². The van der Waals surface area contributed by atoms with Gasteiger partial charge in [0.15, 0.2) is 0 Å². The zero-order chi connectivity index (χ0) is 32.6. The number of benzene rings is 1. The first-order chi connectivity index (χ1) is 18.9. The molecule has 0 saturated carbocycles. The average molecular weight is 722 g/mol. The largest absolute Gasteiger partial charge is 0.534 e. The highest BCUT2D eigenvalue weighted by molar-refractivity contribution is 8.11. The van der Waals surface area contributed by atoms with E-state index in [1.165, 1.54) is 17.8 Å². The number of hydrogen-bond acceptors (Lipinski definition) is 10. The maximum Gasteiger partial charge on any atom is 0.534 e. The molecule has 1 fully saturated rings. The van der Waals surface area contributed by atoms with Gasteiger partial charge in [-0.15, -0.1) is 3.71 Å². The minimum absolute atomic E-state index is 0.124. The van der Waals surface area contributed by atoms with Gasteiger partial charge in [0, 0.05) is 42.3 Å². The number of thioether (sulfide) groups is 2. The molecule has 242 valence electrons. The molecule has 42 heavy (non-hydrogen) atoms. The first kappa shape index (κ1) is 38.2. The number of ketones is 1. The van der Waals surface area contributed by atoms with Crippen LogP contribution in [0.3, 0.4) is 0 Å². The van der Waals surface area contributed by atoms with Crippen molar-refractivity contribution in [2.45, 2.75) is 35.8 Å². The van der Waals surface area contributed by atoms with Gasteiger partial charge in [-0.3, -0.25) is 4.79 Å². The summed E-state index contributed by atoms with van der Waals surface area (Å²) in [5, 5.41) is 0. The number of anilines is 1. The van der Waals surface area contributed by atoms with Crippen LogP contribution in [0.5, 0.6) is 0 Å². The van der Waals surface area contributed by atoms with Crippen molar-refractivity contribution in [3.8, 4) is 0 Å². The summed E-state index contributed by atoms with van der Waals surface area (Å²) in [5.74, 6) is 3.47. The molecule has 3 rings (SSSR count). The lowest BCUT2D eigenvalue weighted by molar-refractivity contribution is -0.118. The van der Waals surface area contributed by atoms with Gasteiger partial charge in [0.1, 0.15) is 11.5 Å². The Morgan fingerprint density at radius 1 is 0.667 bits per heavy atom. The van der Waals surface area contributed by atoms with Gasteiger partial charge in [-0.25, -0.2) is 0 Å². The molecule has 0 aliphatic carbocycles. The number of hydrogen-bond donors (Lipinski definition) is 0. The maximum atomic E-state index is 12.4. The molecule has 0 unspecified atom stereocenters. The van der Waals surface area contributed by atoms with Gasteiger partial charge < -0.3 is 4.18 Å². The Morgan fingerprint density at radius 3 is 1.45 bits per heavy atom. The fourth-order valence-electron chi connectivity index (χ4n) is 2.52. The molecule has 2 heterocycles. The monoisotopic (exact) mass is 721 g/mol. The van der Waals surface area contributed by atoms with E-state index >= 15 is 0 Å². The van der Waals surface area contributed by atoms with Crippen LogP contribution in [0.2, 0.25) is 0 Å². The number of carbonyl (C=O) groups excluding carboxylic acids is 1. The van der Waals surface area contributed by atoms with Crippen LogP contribution in [0.1, 0.15) is 19.3 Å². The molecule has 0 atom stereocenters. The number of nitrogens with zero attached hydrogens (tertiary/aromatic N) is 1. The predicted molar refractivity (Wildman–Crippen MR) is 137 cm³/mol. The number of carbonyl (C=O) groups is 1. The summed E-state index contributed by atoms with van der Waals surface area (Å²) in [6.07, 6.45) is 3.17. The summed E-state index contributed by atoms with van der Waals surface area (Å²) in [7, 11) is -19.1. The molecule has 0 aromatic heterocycles. The molecule has 9 nitrogen and oxygen atoms in total. The minimum Gasteiger partial charge on any atom is -0.381 e. The lowest BCUT2D eigenvalue weighted by atomic mass is 10.2. The number of para-hydroxylation sites is 1. The quantitative estimate of drug-likeness (QED) is 0.229. The molecule has 1 aromatic carbocycles. The number of allylic oxidation sites excluding steroid dienone is 1. The normalized spacial score (nSPS) is 17.1. The molecular formula is C19H20F9NO8S5. The molecule has 0 spiro atoms. The third kappa shape index (κ3) is 10.7. The molecule has 0 bridgehead atoms. The zero-order valence-electron chi connectivity index (χ0n) is 20.6. The molecule has 23 heteroatoms. The smallest absolute Gasteiger partial charge is 0.381 e. The van der Waals surface area contributed by atoms with E-state index in [0.29, 0.717) is 29.4 Å². The Labute approximate surface area is 243 Å². The van der Waals surface area contributed by atoms with Crippen LogP contribution in [0, 0.1) is 0 Å². The van der Waals surface area contributed by atoms with Crippen LogP contribution >= 0.6 is 23.5 Å². The van der Waals surface area contributed by atoms with Gasteiger partial charge in [0.05, 0.1) is 5.69 Å². The number of rotatable bonds is 5. The van der Waals surface area contributed by atoms with Gasteiger partial charge in [-0.1, -0.05) is 18.2 Å². The van der Waals surface area contributed by atoms with Crippen molar-refractivity contribution in [3.63, 3.8) is 0 Å². The van der Waals surface area contributed by atoms with Crippen molar-refractivity contribution in [3.05, 3.63) is 42.2 Å². The molecule has 0 N–H and O–H groups in total. The van der Waals surface area contributed by atoms with Crippen molar-refractivity contribution in [1.29, 1.82) is 0 Å². The van der Waals surface area contributed by atoms with Crippen LogP contribution in [0.25, 0.3) is 0 Å². The second-order valence-electron chi connectivity index (χ2n) is 7.56. The van der Waals surface area contributed by atoms with Crippen molar-refractivity contribution in [2.75, 3.05) is 26.7 Å². The van der Waals surface area contributed by atoms with E-state index in [0.717, 1.165) is 42.5 Å². The van der Waals surface area contributed by atoms with E-state index in [9.17, 15) is 69.6 Å². The summed E-state index contributed by atoms with van der Waals surface area (Å²) in [5.41, 5.74) is -19.1. The van der Waals surface area contributed by atoms with Crippen molar-refractivity contribution < 1.29 is 73.7 Å². The van der Waals surface area contributed by atoms with E-state index in [1.54, 1.807) is 0 Å². The van der Waals surface area contributed by atoms with Gasteiger partial charge in [0.25, 0.3) is 0 Å². The summed E-state index contributed by atoms with van der Waals surface area (Å²) >= 11 is 3.38. The Balaban J connectivity index is 0.000000357. The zero-order valence-corrected chi connectivity index (χ0v) is 24.7. The first-order valence-electron chi connectivity index (χ1n) is 10.8. The van der Waals surface area contributed by atoms with Crippen molar-refractivity contribution in [2.24, 2.45) is 0 Å². The van der Waals surface area contributed by atoms with Gasteiger partial charge in [-0.2, -0.15) is 88.3 Å². The Bertz CT molecular complexity index is 1360. The molecule has 2 aliphatic heterocycles. The molecule has 1 aromatic rings. The van der Waals surface area contributed by atoms with Gasteiger partial charge in [-0.05, 0) is 18.2 Å². The third-order valence-electron chi connectivity index (χ3n) is 4.46. The second kappa shape index (κ2) is 14.8. The standard InChI is InChI=1S/C8H5F6NO4S2.C6H7F3O3S2.C5H8OS/c9-7(10,11)20(16,17)15(6-4-2-1-3-5-6)21(18,19)8(12,13)14;7-6(8,9)14(10,11)12-5-1-3-13-4-2-5;6-5-1-3-7-4-2-5/h1-5H;1H,2-4H2;1-4H2. The number of sulfonamides is 2. The van der Waals surface area contributed by atoms with E-state index in [2.05, 4.69) is 4.18 Å². The van der Waals surface area contributed by atoms with E-state index in [-0.39, 0.29) is 12.2 Å². The number of halogens is 9. The Kier molecular flexibility index (Phi) is 13.4. The number of alkyl halides is 9. The minimum atomic E-state index is -6.81. The van der Waals surface area contributed by atoms with Crippen molar-refractivity contribution >= 4 is 65.2 Å². The highest BCUT2D eigenvalue weighted by Gasteiger charge is 2.61. The SMILES string of the molecule is O=C1CCSCC1.O=S(=O)(N(c1ccccc1)S(=O)(=O)C(F)(F)F)C(F)(F)F.O=S(=O)(OC1=CCSCC1)C(F)(F)F. The lowest BCUT2D eigenvalue weighted by Crippen LogP contribution is -2.49. The molecule has 2 aliphatic rings. The van der Waals surface area contributed by atoms with Crippen LogP contribution in [0.4, 0.5) is 45.2 Å². The van der Waals surface area contributed by atoms with Crippen LogP contribution < -0.4 is 3.71 Å². The highest BCUT2D eigenvalue weighted by atomic mass is 32.3. The maximum absolute atomic E-state index is 12.4. The molecule has 0 amide bonds. The van der Waals surface area contributed by atoms with Crippen LogP contribution in [0.15, 0.2) is 42.2 Å². The third-order valence-corrected chi connectivity index (χ3v) is 11.0. The average Bonchev–Trinajstić information content (AvgIpc) is 2.84. The lowest BCUT2D eigenvalue weighted by Gasteiger charge is -2.25. The molecule has 0 radical (unpaired) electrons. The number of Topliss-reactive ketones (excluding diaryl/α,β-unsaturated/α-hetero) is 1. The topological polar surface area (TPSA) is 132 Å². The Morgan fingerprint density at radius 2 is 1.12 bits per heavy atom. The van der Waals surface area contributed by atoms with Crippen LogP contribution in [-0.2, 0) is 39.1 Å². The first-order valence-corrected chi connectivity index (χ1v) is 17.4. The second-order valence-corrected chi connectivity index (χ2v) is 15.3. The molecular weight excluding hydrogens is 702 g/mol. The summed E-state index contributed by atoms with van der Waals surface area (Å²) < 4.78 is 178. The molecule has 1 saturated heterocycles. The van der Waals surface area contributed by atoms with E-state index < -0.39 is 56.1 Å². The summed E-state index contributed by atoms with van der Waals surface area (Å²) in [4.78, 5) is 10.4. The van der Waals surface area contributed by atoms with Gasteiger partial charge >= 0.3 is 46.7 Å². The van der Waals surface area contributed by atoms with Crippen molar-refractivity contribution in [1.82, 2.24) is 0 Å². The Hall–Kier alpha value is -1.85. The summed E-state index contributed by atoms with van der Waals surface area (Å²) in [6, 6.07) is 3.85. The fourth-order valence-corrected chi connectivity index (χ4v) is 7.52. The van der Waals surface area contributed by atoms with E-state index in [4.69, 9.17) is 0 Å².